The summed E-state index contributed by atoms with van der Waals surface area (Å²) in [5.74, 6) is 2.08. The van der Waals surface area contributed by atoms with Crippen molar-refractivity contribution in [2.45, 2.75) is 39.2 Å². The Labute approximate surface area is 125 Å². The molecule has 2 fully saturated rings. The van der Waals surface area contributed by atoms with E-state index in [1.807, 2.05) is 12.1 Å². The van der Waals surface area contributed by atoms with Crippen molar-refractivity contribution in [2.75, 3.05) is 0 Å². The van der Waals surface area contributed by atoms with Crippen LogP contribution < -0.4 is 0 Å². The number of fused-ring (bicyclic) bond motifs is 3. The molecule has 3 heteroatoms. The fourth-order valence-corrected chi connectivity index (χ4v) is 5.11. The lowest BCUT2D eigenvalue weighted by Gasteiger charge is -2.38. The van der Waals surface area contributed by atoms with Crippen LogP contribution in [-0.4, -0.2) is 22.8 Å². The zero-order chi connectivity index (χ0) is 14.7. The van der Waals surface area contributed by atoms with Gasteiger partial charge in [-0.05, 0) is 55.1 Å². The summed E-state index contributed by atoms with van der Waals surface area (Å²) in [7, 11) is 0. The molecule has 21 heavy (non-hydrogen) atoms. The van der Waals surface area contributed by atoms with Gasteiger partial charge in [-0.15, -0.1) is 0 Å². The minimum absolute atomic E-state index is 0.0706. The number of carbonyl (C=O) groups is 2. The number of amides is 2. The first-order valence-electron chi connectivity index (χ1n) is 8.06. The van der Waals surface area contributed by atoms with E-state index in [1.165, 1.54) is 19.3 Å². The first-order valence-corrected chi connectivity index (χ1v) is 8.06. The van der Waals surface area contributed by atoms with E-state index < -0.39 is 0 Å². The molecule has 1 unspecified atom stereocenters. The second-order valence-corrected chi connectivity index (χ2v) is 7.17. The van der Waals surface area contributed by atoms with Crippen LogP contribution in [0.5, 0.6) is 0 Å². The summed E-state index contributed by atoms with van der Waals surface area (Å²) in [6.45, 7) is 4.47. The Balaban J connectivity index is 1.74. The van der Waals surface area contributed by atoms with Gasteiger partial charge in [-0.3, -0.25) is 14.5 Å². The molecule has 0 spiro atoms. The summed E-state index contributed by atoms with van der Waals surface area (Å²) in [5, 5.41) is 0. The van der Waals surface area contributed by atoms with Crippen LogP contribution in [0.25, 0.3) is 0 Å². The molecule has 1 aliphatic heterocycles. The number of nitrogens with zero attached hydrogens (tertiary/aromatic N) is 1. The van der Waals surface area contributed by atoms with Crippen molar-refractivity contribution < 1.29 is 9.59 Å². The van der Waals surface area contributed by atoms with Gasteiger partial charge in [0.05, 0.1) is 11.1 Å². The van der Waals surface area contributed by atoms with Gasteiger partial charge in [0.1, 0.15) is 0 Å². The third-order valence-corrected chi connectivity index (χ3v) is 5.83. The van der Waals surface area contributed by atoms with E-state index >= 15 is 0 Å². The van der Waals surface area contributed by atoms with Crippen molar-refractivity contribution in [1.82, 2.24) is 4.90 Å². The Morgan fingerprint density at radius 1 is 1.00 bits per heavy atom. The Kier molecular flexibility index (Phi) is 2.75. The van der Waals surface area contributed by atoms with E-state index in [4.69, 9.17) is 0 Å². The maximum absolute atomic E-state index is 12.7. The molecular formula is C18H21NO2. The maximum Gasteiger partial charge on any atom is 0.261 e. The summed E-state index contributed by atoms with van der Waals surface area (Å²) in [4.78, 5) is 27.1. The summed E-state index contributed by atoms with van der Waals surface area (Å²) in [5.41, 5.74) is 1.18. The van der Waals surface area contributed by atoms with E-state index in [1.54, 1.807) is 17.0 Å². The van der Waals surface area contributed by atoms with E-state index in [2.05, 4.69) is 13.8 Å². The van der Waals surface area contributed by atoms with Crippen LogP contribution in [0, 0.1) is 23.7 Å². The highest BCUT2D eigenvalue weighted by Gasteiger charge is 2.55. The Morgan fingerprint density at radius 2 is 1.57 bits per heavy atom. The zero-order valence-corrected chi connectivity index (χ0v) is 12.6. The van der Waals surface area contributed by atoms with Crippen molar-refractivity contribution in [2.24, 2.45) is 23.7 Å². The van der Waals surface area contributed by atoms with Crippen molar-refractivity contribution in [1.29, 1.82) is 0 Å². The van der Waals surface area contributed by atoms with Crippen molar-refractivity contribution in [3.63, 3.8) is 0 Å². The van der Waals surface area contributed by atoms with E-state index in [9.17, 15) is 9.59 Å². The second kappa shape index (κ2) is 4.43. The summed E-state index contributed by atoms with van der Waals surface area (Å²) < 4.78 is 0. The van der Waals surface area contributed by atoms with Crippen LogP contribution in [0.4, 0.5) is 0 Å². The molecule has 0 saturated heterocycles. The van der Waals surface area contributed by atoms with Crippen LogP contribution in [0.2, 0.25) is 0 Å². The van der Waals surface area contributed by atoms with Crippen LogP contribution in [0.1, 0.15) is 53.8 Å². The van der Waals surface area contributed by atoms with Gasteiger partial charge in [-0.25, -0.2) is 0 Å². The molecule has 1 aromatic carbocycles. The number of hydrogen-bond acceptors (Lipinski definition) is 2. The molecule has 0 aromatic heterocycles. The van der Waals surface area contributed by atoms with Gasteiger partial charge in [0.2, 0.25) is 0 Å². The highest BCUT2D eigenvalue weighted by Crippen LogP contribution is 2.54. The van der Waals surface area contributed by atoms with Crippen LogP contribution in [0.3, 0.4) is 0 Å². The molecule has 1 aromatic rings. The predicted octanol–water partition coefficient (Wildman–Crippen LogP) is 3.35. The number of carbonyl (C=O) groups excluding carboxylic acids is 2. The second-order valence-electron chi connectivity index (χ2n) is 7.17. The van der Waals surface area contributed by atoms with Gasteiger partial charge < -0.3 is 0 Å². The van der Waals surface area contributed by atoms with Crippen LogP contribution in [-0.2, 0) is 0 Å². The van der Waals surface area contributed by atoms with Crippen LogP contribution >= 0.6 is 0 Å². The van der Waals surface area contributed by atoms with Crippen molar-refractivity contribution >= 4 is 11.8 Å². The average molecular weight is 283 g/mol. The van der Waals surface area contributed by atoms with Gasteiger partial charge in [0.15, 0.2) is 0 Å². The Morgan fingerprint density at radius 3 is 2.14 bits per heavy atom. The largest absolute Gasteiger partial charge is 0.271 e. The average Bonchev–Trinajstić information content (AvgIpc) is 3.13. The summed E-state index contributed by atoms with van der Waals surface area (Å²) in [6, 6.07) is 7.37. The monoisotopic (exact) mass is 283 g/mol. The SMILES string of the molecule is CC(C)C1[C@H]2CC[C@H](C2)[C@H]1N1C(=O)c2ccccc2C1=O. The molecule has 1 heterocycles. The molecule has 2 bridgehead atoms. The van der Waals surface area contributed by atoms with Crippen molar-refractivity contribution in [3.8, 4) is 0 Å². The highest BCUT2D eigenvalue weighted by molar-refractivity contribution is 6.21. The van der Waals surface area contributed by atoms with Gasteiger partial charge in [-0.2, -0.15) is 0 Å². The summed E-state index contributed by atoms with van der Waals surface area (Å²) >= 11 is 0. The maximum atomic E-state index is 12.7. The number of rotatable bonds is 2. The summed E-state index contributed by atoms with van der Waals surface area (Å²) in [6.07, 6.45) is 3.64. The van der Waals surface area contributed by atoms with Crippen molar-refractivity contribution in [3.05, 3.63) is 35.4 Å². The molecule has 2 saturated carbocycles. The minimum atomic E-state index is -0.0706. The molecule has 4 rings (SSSR count). The molecule has 3 aliphatic rings. The van der Waals surface area contributed by atoms with E-state index in [-0.39, 0.29) is 17.9 Å². The third-order valence-electron chi connectivity index (χ3n) is 5.83. The highest BCUT2D eigenvalue weighted by atomic mass is 16.2. The Bertz CT molecular complexity index is 586. The Hall–Kier alpha value is -1.64. The van der Waals surface area contributed by atoms with Gasteiger partial charge >= 0.3 is 0 Å². The molecular weight excluding hydrogens is 262 g/mol. The van der Waals surface area contributed by atoms with Gasteiger partial charge in [-0.1, -0.05) is 26.0 Å². The van der Waals surface area contributed by atoms with E-state index in [0.29, 0.717) is 34.8 Å². The topological polar surface area (TPSA) is 37.4 Å². The minimum Gasteiger partial charge on any atom is -0.271 e. The number of imide groups is 1. The third kappa shape index (κ3) is 1.66. The normalized spacial score (nSPS) is 34.1. The number of hydrogen-bond donors (Lipinski definition) is 0. The molecule has 4 atom stereocenters. The molecule has 0 radical (unpaired) electrons. The first kappa shape index (κ1) is 13.1. The fourth-order valence-electron chi connectivity index (χ4n) is 5.11. The molecule has 2 aliphatic carbocycles. The molecule has 110 valence electrons. The molecule has 0 N–H and O–H groups in total. The van der Waals surface area contributed by atoms with Gasteiger partial charge in [0.25, 0.3) is 11.8 Å². The lowest BCUT2D eigenvalue weighted by Crippen LogP contribution is -2.48. The molecule has 3 nitrogen and oxygen atoms in total. The number of benzene rings is 1. The smallest absolute Gasteiger partial charge is 0.261 e. The van der Waals surface area contributed by atoms with E-state index in [0.717, 1.165) is 0 Å². The first-order chi connectivity index (χ1) is 10.1. The van der Waals surface area contributed by atoms with Gasteiger partial charge in [0, 0.05) is 6.04 Å². The zero-order valence-electron chi connectivity index (χ0n) is 12.6. The lowest BCUT2D eigenvalue weighted by atomic mass is 9.77. The van der Waals surface area contributed by atoms with Crippen LogP contribution in [0.15, 0.2) is 24.3 Å². The predicted molar refractivity (Wildman–Crippen MR) is 79.9 cm³/mol. The standard InChI is InChI=1S/C18H21NO2/c1-10(2)15-11-7-8-12(9-11)16(15)19-17(20)13-5-3-4-6-14(13)18(19)21/h3-6,10-12,15-16H,7-9H2,1-2H3/t11-,12+,15?,16+/m0/s1. The molecule has 2 amide bonds. The quantitative estimate of drug-likeness (QED) is 0.781. The lowest BCUT2D eigenvalue weighted by molar-refractivity contribution is 0.0400. The fraction of sp³-hybridized carbons (Fsp3) is 0.556.